The first-order valence-electron chi connectivity index (χ1n) is 12.7. The number of methoxy groups -OCH3 is 4. The van der Waals surface area contributed by atoms with Gasteiger partial charge in [-0.3, -0.25) is 4.55 Å². The first kappa shape index (κ1) is 41.0. The number of esters is 2. The molecule has 3 rings (SSSR count). The van der Waals surface area contributed by atoms with Crippen molar-refractivity contribution in [1.82, 2.24) is 0 Å². The third-order valence-electron chi connectivity index (χ3n) is 5.47. The summed E-state index contributed by atoms with van der Waals surface area (Å²) in [5.41, 5.74) is 0.642. The molecule has 0 bridgehead atoms. The van der Waals surface area contributed by atoms with Crippen LogP contribution in [0.25, 0.3) is 0 Å². The summed E-state index contributed by atoms with van der Waals surface area (Å²) in [4.78, 5) is 43.1. The molecule has 0 fully saturated rings. The molecule has 252 valence electrons. The van der Waals surface area contributed by atoms with Crippen molar-refractivity contribution in [2.75, 3.05) is 28.4 Å². The Balaban J connectivity index is 0.000000606. The highest BCUT2D eigenvalue weighted by Crippen LogP contribution is 2.17. The van der Waals surface area contributed by atoms with Crippen LogP contribution < -0.4 is 0 Å². The van der Waals surface area contributed by atoms with E-state index in [1.807, 2.05) is 20.8 Å². The van der Waals surface area contributed by atoms with Crippen LogP contribution in [0.2, 0.25) is 0 Å². The third-order valence-corrected chi connectivity index (χ3v) is 6.34. The normalized spacial score (nSPS) is 10.3. The molecule has 3 aromatic rings. The van der Waals surface area contributed by atoms with Gasteiger partial charge in [0, 0.05) is 14.2 Å². The second-order valence-electron chi connectivity index (χ2n) is 9.23. The van der Waals surface area contributed by atoms with Gasteiger partial charge < -0.3 is 39.4 Å². The number of phenols is 2. The predicted molar refractivity (Wildman–Crippen MR) is 162 cm³/mol. The number of phenolic OH excluding ortho intramolecular Hbond substituents is 2. The molecule has 0 saturated carbocycles. The second-order valence-corrected chi connectivity index (χ2v) is 10.6. The van der Waals surface area contributed by atoms with Crippen LogP contribution in [0.3, 0.4) is 0 Å². The van der Waals surface area contributed by atoms with E-state index in [2.05, 4.69) is 9.47 Å². The van der Waals surface area contributed by atoms with Crippen LogP contribution in [0.4, 0.5) is 0 Å². The van der Waals surface area contributed by atoms with Crippen molar-refractivity contribution in [2.24, 2.45) is 0 Å². The molecule has 0 aliphatic rings. The number of hydrogen-bond donors (Lipinski definition) is 5. The van der Waals surface area contributed by atoms with Gasteiger partial charge in [0.15, 0.2) is 5.79 Å². The Kier molecular flexibility index (Phi) is 16.7. The van der Waals surface area contributed by atoms with Crippen molar-refractivity contribution >= 4 is 34.0 Å². The van der Waals surface area contributed by atoms with Crippen molar-refractivity contribution in [3.63, 3.8) is 0 Å². The lowest BCUT2D eigenvalue weighted by Gasteiger charge is -2.19. The predicted octanol–water partition coefficient (Wildman–Crippen LogP) is 4.01. The van der Waals surface area contributed by atoms with Gasteiger partial charge in [-0.2, -0.15) is 8.42 Å². The number of rotatable bonds is 7. The quantitative estimate of drug-likeness (QED) is 0.136. The van der Waals surface area contributed by atoms with Crippen LogP contribution in [0.5, 0.6) is 11.5 Å². The number of carbonyl (C=O) groups is 4. The zero-order valence-corrected chi connectivity index (χ0v) is 26.8. The average Bonchev–Trinajstić information content (AvgIpc) is 3.00. The van der Waals surface area contributed by atoms with E-state index in [1.54, 1.807) is 26.4 Å². The minimum atomic E-state index is -4.02. The van der Waals surface area contributed by atoms with Crippen molar-refractivity contribution < 1.29 is 71.5 Å². The molecule has 0 aromatic heterocycles. The van der Waals surface area contributed by atoms with Gasteiger partial charge in [0.05, 0.1) is 41.4 Å². The van der Waals surface area contributed by atoms with E-state index in [9.17, 15) is 32.7 Å². The molecule has 0 saturated heterocycles. The zero-order valence-electron chi connectivity index (χ0n) is 26.0. The van der Waals surface area contributed by atoms with Gasteiger partial charge in [-0.05, 0) is 69.3 Å². The molecule has 5 N–H and O–H groups in total. The first-order chi connectivity index (χ1) is 21.2. The lowest BCUT2D eigenvalue weighted by molar-refractivity contribution is -0.178. The largest absolute Gasteiger partial charge is 0.508 e. The summed E-state index contributed by atoms with van der Waals surface area (Å²) in [6.07, 6.45) is 0. The van der Waals surface area contributed by atoms with E-state index in [1.165, 1.54) is 44.6 Å². The number of aromatic carboxylic acids is 2. The topological polar surface area (TPSA) is 240 Å². The molecule has 3 aromatic carbocycles. The van der Waals surface area contributed by atoms with Gasteiger partial charge >= 0.3 is 23.9 Å². The SMILES string of the molecule is COC(=O)c1cc(O)cc(C(=O)OC)c1.COC(C)(C)OC.Cc1ccc(S(=O)(=O)O)cc1.O=C(O)c1cc(O)cc(C(=O)O)c1. The maximum Gasteiger partial charge on any atom is 0.338 e. The summed E-state index contributed by atoms with van der Waals surface area (Å²) >= 11 is 0. The molecule has 16 heteroatoms. The van der Waals surface area contributed by atoms with E-state index in [0.717, 1.165) is 23.8 Å². The van der Waals surface area contributed by atoms with Gasteiger partial charge in [0.2, 0.25) is 0 Å². The highest BCUT2D eigenvalue weighted by atomic mass is 32.2. The molecular weight excluding hydrogens is 632 g/mol. The van der Waals surface area contributed by atoms with Crippen molar-refractivity contribution in [3.05, 3.63) is 88.5 Å². The van der Waals surface area contributed by atoms with Gasteiger partial charge in [0.1, 0.15) is 11.5 Å². The van der Waals surface area contributed by atoms with Gasteiger partial charge in [-0.15, -0.1) is 0 Å². The number of aromatic hydroxyl groups is 2. The van der Waals surface area contributed by atoms with Crippen LogP contribution >= 0.6 is 0 Å². The molecule has 46 heavy (non-hydrogen) atoms. The van der Waals surface area contributed by atoms with Gasteiger partial charge in [-0.25, -0.2) is 19.2 Å². The minimum Gasteiger partial charge on any atom is -0.508 e. The number of benzene rings is 3. The van der Waals surface area contributed by atoms with E-state index in [-0.39, 0.29) is 38.6 Å². The Labute approximate surface area is 265 Å². The van der Waals surface area contributed by atoms with Crippen LogP contribution in [0.15, 0.2) is 65.6 Å². The first-order valence-corrected chi connectivity index (χ1v) is 14.1. The average molecular weight is 669 g/mol. The fourth-order valence-electron chi connectivity index (χ4n) is 2.73. The fraction of sp³-hybridized carbons (Fsp3) is 0.267. The number of carboxylic acids is 2. The van der Waals surface area contributed by atoms with Gasteiger partial charge in [-0.1, -0.05) is 17.7 Å². The van der Waals surface area contributed by atoms with Crippen molar-refractivity contribution in [1.29, 1.82) is 0 Å². The summed E-state index contributed by atoms with van der Waals surface area (Å²) in [5.74, 6) is -4.81. The molecule has 0 heterocycles. The van der Waals surface area contributed by atoms with Crippen LogP contribution in [-0.4, -0.2) is 91.5 Å². The highest BCUT2D eigenvalue weighted by molar-refractivity contribution is 7.85. The van der Waals surface area contributed by atoms with Crippen LogP contribution in [0.1, 0.15) is 60.8 Å². The lowest BCUT2D eigenvalue weighted by atomic mass is 10.1. The molecule has 0 unspecified atom stereocenters. The smallest absolute Gasteiger partial charge is 0.338 e. The van der Waals surface area contributed by atoms with Crippen molar-refractivity contribution in [2.45, 2.75) is 31.5 Å². The Bertz CT molecular complexity index is 1520. The molecular formula is C30H36O15S. The van der Waals surface area contributed by atoms with E-state index < -0.39 is 39.8 Å². The molecule has 0 spiro atoms. The molecule has 0 aliphatic carbocycles. The van der Waals surface area contributed by atoms with Crippen molar-refractivity contribution in [3.8, 4) is 11.5 Å². The summed E-state index contributed by atoms with van der Waals surface area (Å²) in [6.45, 7) is 5.55. The third kappa shape index (κ3) is 15.1. The lowest BCUT2D eigenvalue weighted by Crippen LogP contribution is -2.24. The number of aryl methyl sites for hydroxylation is 1. The fourth-order valence-corrected chi connectivity index (χ4v) is 3.21. The number of hydrogen-bond acceptors (Lipinski definition) is 12. The Morgan fingerprint density at radius 3 is 1.22 bits per heavy atom. The standard InChI is InChI=1S/C10H10O5.C8H6O5.C7H8O3S.C5H12O2/c1-14-9(12)6-3-7(10(13)15-2)5-8(11)4-6;9-6-2-4(7(10)11)1-5(3-6)8(12)13;1-6-2-4-7(5-3-6)11(8,9)10;1-5(2,6-3)7-4/h3-5,11H,1-2H3;1-3,9H,(H,10,11)(H,12,13);2-5H,1H3,(H,8,9,10);1-4H3. The van der Waals surface area contributed by atoms with E-state index in [4.69, 9.17) is 29.3 Å². The Morgan fingerprint density at radius 2 is 0.957 bits per heavy atom. The summed E-state index contributed by atoms with van der Waals surface area (Å²) in [7, 11) is 1.63. The molecule has 0 aliphatic heterocycles. The van der Waals surface area contributed by atoms with Crippen LogP contribution in [0, 0.1) is 6.92 Å². The molecule has 0 amide bonds. The van der Waals surface area contributed by atoms with Crippen LogP contribution in [-0.2, 0) is 29.1 Å². The number of carboxylic acid groups (broad SMARTS) is 2. The highest BCUT2D eigenvalue weighted by Gasteiger charge is 2.14. The Morgan fingerprint density at radius 1 is 0.630 bits per heavy atom. The maximum atomic E-state index is 11.1. The van der Waals surface area contributed by atoms with E-state index >= 15 is 0 Å². The Hall–Kier alpha value is -5.03. The molecule has 15 nitrogen and oxygen atoms in total. The zero-order chi connectivity index (χ0) is 35.8. The minimum absolute atomic E-state index is 0.0666. The number of carbonyl (C=O) groups excluding carboxylic acids is 2. The molecule has 0 atom stereocenters. The summed E-state index contributed by atoms with van der Waals surface area (Å²) in [6, 6.07) is 12.6. The second kappa shape index (κ2) is 18.7. The number of ether oxygens (including phenoxy) is 4. The summed E-state index contributed by atoms with van der Waals surface area (Å²) < 4.78 is 48.2. The monoisotopic (exact) mass is 668 g/mol. The van der Waals surface area contributed by atoms with Gasteiger partial charge in [0.25, 0.3) is 10.1 Å². The maximum absolute atomic E-state index is 11.1. The molecule has 0 radical (unpaired) electrons. The summed E-state index contributed by atoms with van der Waals surface area (Å²) in [5, 5.41) is 35.3. The van der Waals surface area contributed by atoms with E-state index in [0.29, 0.717) is 0 Å².